The first kappa shape index (κ1) is 15.9. The topological polar surface area (TPSA) is 70.2 Å². The van der Waals surface area contributed by atoms with Gasteiger partial charge >= 0.3 is 5.97 Å². The van der Waals surface area contributed by atoms with Gasteiger partial charge in [-0.2, -0.15) is 0 Å². The summed E-state index contributed by atoms with van der Waals surface area (Å²) < 4.78 is 12.5. The number of hydrogen-bond acceptors (Lipinski definition) is 6. The van der Waals surface area contributed by atoms with Crippen molar-refractivity contribution in [2.75, 3.05) is 7.11 Å². The van der Waals surface area contributed by atoms with Crippen molar-refractivity contribution in [2.24, 2.45) is 0 Å². The van der Waals surface area contributed by atoms with Gasteiger partial charge in [0.25, 0.3) is 0 Å². The zero-order chi connectivity index (χ0) is 16.4. The minimum absolute atomic E-state index is 0.381. The van der Waals surface area contributed by atoms with Crippen LogP contribution < -0.4 is 0 Å². The van der Waals surface area contributed by atoms with Crippen molar-refractivity contribution >= 4 is 17.7 Å². The van der Waals surface area contributed by atoms with E-state index in [2.05, 4.69) is 21.3 Å². The summed E-state index contributed by atoms with van der Waals surface area (Å²) in [6, 6.07) is 1.73. The number of carbonyl (C=O) groups is 1. The van der Waals surface area contributed by atoms with Gasteiger partial charge in [-0.25, -0.2) is 4.79 Å². The summed E-state index contributed by atoms with van der Waals surface area (Å²) in [7, 11) is 1.36. The smallest absolute Gasteiger partial charge is 0.341 e. The van der Waals surface area contributed by atoms with Gasteiger partial charge in [0, 0.05) is 12.5 Å². The number of nitrogens with zero attached hydrogens (tertiary/aromatic N) is 3. The number of methoxy groups -OCH3 is 1. The van der Waals surface area contributed by atoms with Gasteiger partial charge in [-0.15, -0.1) is 16.8 Å². The van der Waals surface area contributed by atoms with E-state index in [4.69, 9.17) is 9.15 Å². The van der Waals surface area contributed by atoms with Crippen LogP contribution in [0.1, 0.15) is 46.5 Å². The molecule has 0 spiro atoms. The maximum Gasteiger partial charge on any atom is 0.341 e. The molecule has 3 rings (SSSR count). The normalized spacial score (nSPS) is 14.0. The van der Waals surface area contributed by atoms with Crippen LogP contribution in [0.4, 0.5) is 0 Å². The molecule has 7 heteroatoms. The molecule has 122 valence electrons. The van der Waals surface area contributed by atoms with Gasteiger partial charge in [0.2, 0.25) is 0 Å². The number of ether oxygens (including phenoxy) is 1. The highest BCUT2D eigenvalue weighted by molar-refractivity contribution is 7.98. The number of aryl methyl sites for hydroxylation is 1. The van der Waals surface area contributed by atoms with Crippen molar-refractivity contribution in [3.63, 3.8) is 0 Å². The summed E-state index contributed by atoms with van der Waals surface area (Å²) in [6.07, 6.45) is 4.21. The van der Waals surface area contributed by atoms with Crippen LogP contribution in [0.5, 0.6) is 0 Å². The van der Waals surface area contributed by atoms with Crippen molar-refractivity contribution in [1.82, 2.24) is 14.8 Å². The van der Waals surface area contributed by atoms with E-state index in [-0.39, 0.29) is 5.97 Å². The minimum Gasteiger partial charge on any atom is -0.465 e. The highest BCUT2D eigenvalue weighted by Crippen LogP contribution is 2.40. The monoisotopic (exact) mass is 333 g/mol. The first-order valence-electron chi connectivity index (χ1n) is 7.48. The zero-order valence-corrected chi connectivity index (χ0v) is 14.1. The standard InChI is InChI=1S/C16H19N3O3S/c1-4-7-19-14(11-5-6-11)17-18-16(19)23-9-12-8-13(10(2)22-12)15(20)21-3/h4,8,11H,1,5-7,9H2,2-3H3. The molecule has 6 nitrogen and oxygen atoms in total. The van der Waals surface area contributed by atoms with Gasteiger partial charge in [-0.05, 0) is 25.8 Å². The Bertz CT molecular complexity index is 731. The maximum atomic E-state index is 11.6. The van der Waals surface area contributed by atoms with Crippen molar-refractivity contribution < 1.29 is 13.9 Å². The van der Waals surface area contributed by atoms with E-state index in [9.17, 15) is 4.79 Å². The lowest BCUT2D eigenvalue weighted by molar-refractivity contribution is 0.0599. The van der Waals surface area contributed by atoms with Crippen LogP contribution in [0.3, 0.4) is 0 Å². The fourth-order valence-electron chi connectivity index (χ4n) is 2.41. The first-order chi connectivity index (χ1) is 11.1. The van der Waals surface area contributed by atoms with Gasteiger partial charge in [-0.1, -0.05) is 17.8 Å². The van der Waals surface area contributed by atoms with E-state index in [0.29, 0.717) is 35.3 Å². The molecule has 0 aliphatic heterocycles. The number of aromatic nitrogens is 3. The Balaban J connectivity index is 1.73. The molecule has 1 aliphatic rings. The summed E-state index contributed by atoms with van der Waals surface area (Å²) in [5.74, 6) is 3.06. The number of carbonyl (C=O) groups excluding carboxylic acids is 1. The van der Waals surface area contributed by atoms with Crippen LogP contribution in [0, 0.1) is 6.92 Å². The Morgan fingerprint density at radius 2 is 2.35 bits per heavy atom. The third-order valence-electron chi connectivity index (χ3n) is 3.72. The highest BCUT2D eigenvalue weighted by atomic mass is 32.2. The Hall–Kier alpha value is -2.02. The average molecular weight is 333 g/mol. The van der Waals surface area contributed by atoms with Crippen LogP contribution in [0.25, 0.3) is 0 Å². The third-order valence-corrected chi connectivity index (χ3v) is 4.71. The SMILES string of the molecule is C=CCn1c(SCc2cc(C(=O)OC)c(C)o2)nnc1C1CC1. The summed E-state index contributed by atoms with van der Waals surface area (Å²) in [4.78, 5) is 11.6. The number of hydrogen-bond donors (Lipinski definition) is 0. The molecule has 23 heavy (non-hydrogen) atoms. The number of furan rings is 1. The maximum absolute atomic E-state index is 11.6. The number of rotatable bonds is 7. The fraction of sp³-hybridized carbons (Fsp3) is 0.438. The lowest BCUT2D eigenvalue weighted by atomic mass is 10.2. The second-order valence-corrected chi connectivity index (χ2v) is 6.42. The summed E-state index contributed by atoms with van der Waals surface area (Å²) in [6.45, 7) is 6.26. The minimum atomic E-state index is -0.381. The summed E-state index contributed by atoms with van der Waals surface area (Å²) >= 11 is 1.54. The van der Waals surface area contributed by atoms with Gasteiger partial charge in [0.1, 0.15) is 22.9 Å². The molecular formula is C16H19N3O3S. The second-order valence-electron chi connectivity index (χ2n) is 5.48. The van der Waals surface area contributed by atoms with Gasteiger partial charge < -0.3 is 13.7 Å². The van der Waals surface area contributed by atoms with E-state index in [1.807, 2.05) is 6.08 Å². The fourth-order valence-corrected chi connectivity index (χ4v) is 3.25. The Kier molecular flexibility index (Phi) is 4.56. The van der Waals surface area contributed by atoms with E-state index < -0.39 is 0 Å². The lowest BCUT2D eigenvalue weighted by Gasteiger charge is -2.05. The summed E-state index contributed by atoms with van der Waals surface area (Å²) in [5.41, 5.74) is 0.467. The van der Waals surface area contributed by atoms with E-state index in [1.165, 1.54) is 20.0 Å². The highest BCUT2D eigenvalue weighted by Gasteiger charge is 2.30. The lowest BCUT2D eigenvalue weighted by Crippen LogP contribution is -2.02. The van der Waals surface area contributed by atoms with E-state index in [0.717, 1.165) is 11.0 Å². The molecule has 0 atom stereocenters. The van der Waals surface area contributed by atoms with E-state index >= 15 is 0 Å². The Morgan fingerprint density at radius 3 is 3.00 bits per heavy atom. The van der Waals surface area contributed by atoms with Crippen LogP contribution in [0.2, 0.25) is 0 Å². The molecule has 0 bridgehead atoms. The number of esters is 1. The number of thioether (sulfide) groups is 1. The quantitative estimate of drug-likeness (QED) is 0.440. The van der Waals surface area contributed by atoms with Crippen molar-refractivity contribution in [3.8, 4) is 0 Å². The predicted octanol–water partition coefficient (Wildman–Crippen LogP) is 3.32. The van der Waals surface area contributed by atoms with Gasteiger partial charge in [0.15, 0.2) is 5.16 Å². The molecule has 0 radical (unpaired) electrons. The molecule has 1 aliphatic carbocycles. The average Bonchev–Trinajstić information content (AvgIpc) is 3.21. The zero-order valence-electron chi connectivity index (χ0n) is 13.2. The summed E-state index contributed by atoms with van der Waals surface area (Å²) in [5, 5.41) is 9.45. The largest absolute Gasteiger partial charge is 0.465 e. The molecule has 0 aromatic carbocycles. The van der Waals surface area contributed by atoms with Crippen LogP contribution in [-0.2, 0) is 17.0 Å². The van der Waals surface area contributed by atoms with Crippen molar-refractivity contribution in [1.29, 1.82) is 0 Å². The molecule has 0 amide bonds. The molecule has 2 aromatic heterocycles. The molecule has 0 unspecified atom stereocenters. The van der Waals surface area contributed by atoms with Crippen LogP contribution in [0.15, 0.2) is 28.3 Å². The molecule has 0 saturated heterocycles. The van der Waals surface area contributed by atoms with Crippen molar-refractivity contribution in [2.45, 2.75) is 43.1 Å². The van der Waals surface area contributed by atoms with Crippen LogP contribution >= 0.6 is 11.8 Å². The molecule has 0 N–H and O–H groups in total. The molecule has 2 aromatic rings. The van der Waals surface area contributed by atoms with E-state index in [1.54, 1.807) is 24.8 Å². The van der Waals surface area contributed by atoms with Crippen LogP contribution in [-0.4, -0.2) is 27.8 Å². The molecule has 1 saturated carbocycles. The molecule has 1 fully saturated rings. The van der Waals surface area contributed by atoms with Crippen molar-refractivity contribution in [3.05, 3.63) is 41.6 Å². The third kappa shape index (κ3) is 3.34. The number of allylic oxidation sites excluding steroid dienone is 1. The second kappa shape index (κ2) is 6.62. The Morgan fingerprint density at radius 1 is 1.57 bits per heavy atom. The predicted molar refractivity (Wildman–Crippen MR) is 86.5 cm³/mol. The van der Waals surface area contributed by atoms with Gasteiger partial charge in [0.05, 0.1) is 12.9 Å². The Labute approximate surface area is 138 Å². The molecule has 2 heterocycles. The molecular weight excluding hydrogens is 314 g/mol. The first-order valence-corrected chi connectivity index (χ1v) is 8.47. The van der Waals surface area contributed by atoms with Gasteiger partial charge in [-0.3, -0.25) is 0 Å².